The number of hydrogen-bond donors (Lipinski definition) is 1. The molecule has 0 unspecified atom stereocenters. The van der Waals surface area contributed by atoms with E-state index in [1.807, 2.05) is 25.1 Å². The maximum absolute atomic E-state index is 13.0. The van der Waals surface area contributed by atoms with E-state index in [1.54, 1.807) is 48.5 Å². The summed E-state index contributed by atoms with van der Waals surface area (Å²) in [6.07, 6.45) is -0.0270. The summed E-state index contributed by atoms with van der Waals surface area (Å²) in [6, 6.07) is 19.4. The van der Waals surface area contributed by atoms with Crippen LogP contribution in [0.15, 0.2) is 65.2 Å². The summed E-state index contributed by atoms with van der Waals surface area (Å²) in [7, 11) is 0. The molecule has 1 heterocycles. The molecule has 1 N–H and O–H groups in total. The summed E-state index contributed by atoms with van der Waals surface area (Å²) in [5.41, 5.74) is 0.977. The Morgan fingerprint density at radius 3 is 2.40 bits per heavy atom. The SMILES string of the molecule is CCOc1ccc(N2C(=O)C[C@@H](SC(Nc3ccccc3)=C(C#N)C#N)C2=O)cc1. The van der Waals surface area contributed by atoms with Gasteiger partial charge in [0, 0.05) is 12.1 Å². The summed E-state index contributed by atoms with van der Waals surface area (Å²) < 4.78 is 5.39. The van der Waals surface area contributed by atoms with Gasteiger partial charge in [-0.15, -0.1) is 0 Å². The molecule has 8 heteroatoms. The summed E-state index contributed by atoms with van der Waals surface area (Å²) >= 11 is 1.01. The zero-order valence-electron chi connectivity index (χ0n) is 16.2. The zero-order valence-corrected chi connectivity index (χ0v) is 17.0. The van der Waals surface area contributed by atoms with Gasteiger partial charge in [0.2, 0.25) is 11.8 Å². The second-order valence-electron chi connectivity index (χ2n) is 6.22. The van der Waals surface area contributed by atoms with Crippen molar-refractivity contribution in [2.24, 2.45) is 0 Å². The minimum Gasteiger partial charge on any atom is -0.494 e. The van der Waals surface area contributed by atoms with Crippen LogP contribution in [0.3, 0.4) is 0 Å². The first kappa shape index (κ1) is 21.0. The lowest BCUT2D eigenvalue weighted by Crippen LogP contribution is -2.31. The Balaban J connectivity index is 1.82. The Morgan fingerprint density at radius 1 is 1.13 bits per heavy atom. The molecule has 1 aliphatic rings. The third-order valence-corrected chi connectivity index (χ3v) is 5.45. The highest BCUT2D eigenvalue weighted by atomic mass is 32.2. The van der Waals surface area contributed by atoms with E-state index in [2.05, 4.69) is 5.32 Å². The van der Waals surface area contributed by atoms with Crippen molar-refractivity contribution in [3.05, 3.63) is 65.2 Å². The van der Waals surface area contributed by atoms with Crippen LogP contribution in [-0.4, -0.2) is 23.7 Å². The third-order valence-electron chi connectivity index (χ3n) is 4.25. The molecule has 0 aliphatic carbocycles. The van der Waals surface area contributed by atoms with Crippen molar-refractivity contribution in [1.29, 1.82) is 10.5 Å². The molecule has 2 amide bonds. The molecule has 0 bridgehead atoms. The molecule has 1 atom stereocenters. The van der Waals surface area contributed by atoms with Crippen LogP contribution in [0.5, 0.6) is 5.75 Å². The average Bonchev–Trinajstić information content (AvgIpc) is 3.03. The second-order valence-corrected chi connectivity index (χ2v) is 7.44. The maximum Gasteiger partial charge on any atom is 0.247 e. The molecule has 7 nitrogen and oxygen atoms in total. The number of imide groups is 1. The van der Waals surface area contributed by atoms with Gasteiger partial charge in [-0.25, -0.2) is 4.90 Å². The average molecular weight is 418 g/mol. The molecule has 2 aromatic rings. The molecule has 0 radical (unpaired) electrons. The van der Waals surface area contributed by atoms with Crippen LogP contribution >= 0.6 is 11.8 Å². The van der Waals surface area contributed by atoms with E-state index < -0.39 is 11.2 Å². The molecule has 2 aromatic carbocycles. The molecule has 1 fully saturated rings. The van der Waals surface area contributed by atoms with Crippen molar-refractivity contribution in [3.8, 4) is 17.9 Å². The number of thioether (sulfide) groups is 1. The number of carbonyl (C=O) groups excluding carboxylic acids is 2. The fourth-order valence-electron chi connectivity index (χ4n) is 2.90. The zero-order chi connectivity index (χ0) is 21.5. The van der Waals surface area contributed by atoms with Crippen LogP contribution in [0.1, 0.15) is 13.3 Å². The predicted molar refractivity (Wildman–Crippen MR) is 114 cm³/mol. The molecule has 0 aromatic heterocycles. The highest BCUT2D eigenvalue weighted by Crippen LogP contribution is 2.35. The fourth-order valence-corrected chi connectivity index (χ4v) is 4.00. The maximum atomic E-state index is 13.0. The van der Waals surface area contributed by atoms with Gasteiger partial charge in [0.05, 0.1) is 17.5 Å². The fraction of sp³-hybridized carbons (Fsp3) is 0.182. The van der Waals surface area contributed by atoms with Crippen LogP contribution in [0.2, 0.25) is 0 Å². The van der Waals surface area contributed by atoms with Crippen molar-refractivity contribution in [3.63, 3.8) is 0 Å². The number of nitrogens with zero attached hydrogens (tertiary/aromatic N) is 3. The van der Waals surface area contributed by atoms with Crippen molar-refractivity contribution >= 4 is 35.0 Å². The number of para-hydroxylation sites is 1. The van der Waals surface area contributed by atoms with Crippen LogP contribution in [-0.2, 0) is 9.59 Å². The standard InChI is InChI=1S/C22H18N4O3S/c1-2-29-18-10-8-17(9-11-18)26-20(27)12-19(22(26)28)30-21(15(13-23)14-24)25-16-6-4-3-5-7-16/h3-11,19,25H,2,12H2,1H3/t19-/m1/s1. The van der Waals surface area contributed by atoms with Gasteiger partial charge >= 0.3 is 0 Å². The van der Waals surface area contributed by atoms with E-state index in [0.29, 0.717) is 23.7 Å². The number of ether oxygens (including phenoxy) is 1. The van der Waals surface area contributed by atoms with Crippen molar-refractivity contribution in [2.45, 2.75) is 18.6 Å². The van der Waals surface area contributed by atoms with Crippen molar-refractivity contribution in [1.82, 2.24) is 0 Å². The van der Waals surface area contributed by atoms with E-state index in [9.17, 15) is 20.1 Å². The minimum atomic E-state index is -0.744. The third kappa shape index (κ3) is 4.62. The Kier molecular flexibility index (Phi) is 6.74. The van der Waals surface area contributed by atoms with E-state index in [1.165, 1.54) is 0 Å². The summed E-state index contributed by atoms with van der Waals surface area (Å²) in [5.74, 6) is -0.0795. The molecule has 1 aliphatic heterocycles. The first-order valence-electron chi connectivity index (χ1n) is 9.20. The predicted octanol–water partition coefficient (Wildman–Crippen LogP) is 3.82. The van der Waals surface area contributed by atoms with E-state index in [4.69, 9.17) is 4.74 Å². The molecule has 30 heavy (non-hydrogen) atoms. The Hall–Kier alpha value is -3.75. The second kappa shape index (κ2) is 9.64. The Morgan fingerprint density at radius 2 is 1.80 bits per heavy atom. The molecular weight excluding hydrogens is 400 g/mol. The molecule has 0 spiro atoms. The number of nitrogens with one attached hydrogen (secondary N) is 1. The monoisotopic (exact) mass is 418 g/mol. The molecule has 0 saturated carbocycles. The molecule has 150 valence electrons. The first-order chi connectivity index (χ1) is 14.6. The lowest BCUT2D eigenvalue weighted by Gasteiger charge is -2.17. The van der Waals surface area contributed by atoms with Crippen LogP contribution < -0.4 is 15.0 Å². The van der Waals surface area contributed by atoms with Gasteiger partial charge in [-0.3, -0.25) is 9.59 Å². The van der Waals surface area contributed by atoms with Crippen LogP contribution in [0.4, 0.5) is 11.4 Å². The van der Waals surface area contributed by atoms with Gasteiger partial charge in [-0.1, -0.05) is 30.0 Å². The van der Waals surface area contributed by atoms with Gasteiger partial charge in [0.25, 0.3) is 0 Å². The number of hydrogen-bond acceptors (Lipinski definition) is 7. The van der Waals surface area contributed by atoms with E-state index in [-0.39, 0.29) is 22.9 Å². The van der Waals surface area contributed by atoms with Gasteiger partial charge in [-0.05, 0) is 43.3 Å². The highest BCUT2D eigenvalue weighted by molar-refractivity contribution is 8.04. The molecule has 1 saturated heterocycles. The van der Waals surface area contributed by atoms with Crippen molar-refractivity contribution in [2.75, 3.05) is 16.8 Å². The van der Waals surface area contributed by atoms with E-state index in [0.717, 1.165) is 16.7 Å². The topological polar surface area (TPSA) is 106 Å². The first-order valence-corrected chi connectivity index (χ1v) is 10.1. The van der Waals surface area contributed by atoms with Gasteiger partial charge < -0.3 is 10.1 Å². The summed E-state index contributed by atoms with van der Waals surface area (Å²) in [5, 5.41) is 21.1. The van der Waals surface area contributed by atoms with Crippen molar-refractivity contribution < 1.29 is 14.3 Å². The molecule has 3 rings (SSSR count). The quantitative estimate of drug-likeness (QED) is 0.538. The molecular formula is C22H18N4O3S. The lowest BCUT2D eigenvalue weighted by molar-refractivity contribution is -0.121. The minimum absolute atomic E-state index is 0.0270. The summed E-state index contributed by atoms with van der Waals surface area (Å²) in [4.78, 5) is 26.6. The van der Waals surface area contributed by atoms with E-state index >= 15 is 0 Å². The Labute approximate surface area is 178 Å². The van der Waals surface area contributed by atoms with Gasteiger partial charge in [-0.2, -0.15) is 10.5 Å². The summed E-state index contributed by atoms with van der Waals surface area (Å²) in [6.45, 7) is 2.39. The van der Waals surface area contributed by atoms with Gasteiger partial charge in [0.1, 0.15) is 22.9 Å². The number of anilines is 2. The Bertz CT molecular complexity index is 1040. The number of carbonyl (C=O) groups is 2. The number of rotatable bonds is 7. The smallest absolute Gasteiger partial charge is 0.247 e. The van der Waals surface area contributed by atoms with Crippen LogP contribution in [0, 0.1) is 22.7 Å². The normalized spacial score (nSPS) is 15.3. The van der Waals surface area contributed by atoms with Gasteiger partial charge in [0.15, 0.2) is 5.57 Å². The van der Waals surface area contributed by atoms with Crippen LogP contribution in [0.25, 0.3) is 0 Å². The largest absolute Gasteiger partial charge is 0.494 e. The number of nitriles is 2. The lowest BCUT2D eigenvalue weighted by atomic mass is 10.3. The number of allylic oxidation sites excluding steroid dienone is 1. The highest BCUT2D eigenvalue weighted by Gasteiger charge is 2.41. The number of benzene rings is 2. The number of amides is 2.